The molecule has 0 saturated heterocycles. The third-order valence-corrected chi connectivity index (χ3v) is 3.88. The van der Waals surface area contributed by atoms with E-state index in [0.29, 0.717) is 23.3 Å². The number of nitrogens with one attached hydrogen (secondary N) is 1. The number of sulfone groups is 1. The fraction of sp³-hybridized carbons (Fsp3) is 0.385. The number of benzene rings is 1. The Bertz CT molecular complexity index is 675. The molecule has 1 heterocycles. The zero-order valence-electron chi connectivity index (χ0n) is 11.6. The largest absolute Gasteiger partial charge is 0.334 e. The van der Waals surface area contributed by atoms with E-state index in [1.165, 1.54) is 6.26 Å². The van der Waals surface area contributed by atoms with Crippen molar-refractivity contribution >= 4 is 15.9 Å². The van der Waals surface area contributed by atoms with E-state index in [4.69, 9.17) is 4.52 Å². The Morgan fingerprint density at radius 3 is 2.40 bits per heavy atom. The molecular weight excluding hydrogens is 278 g/mol. The van der Waals surface area contributed by atoms with E-state index in [2.05, 4.69) is 15.5 Å². The summed E-state index contributed by atoms with van der Waals surface area (Å²) in [6.07, 6.45) is 1.19. The number of nitrogens with zero attached hydrogens (tertiary/aromatic N) is 2. The van der Waals surface area contributed by atoms with E-state index in [1.807, 2.05) is 13.8 Å². The van der Waals surface area contributed by atoms with Gasteiger partial charge in [-0.15, -0.1) is 0 Å². The molecule has 0 unspecified atom stereocenters. The maximum atomic E-state index is 11.3. The second kappa shape index (κ2) is 5.62. The fourth-order valence-corrected chi connectivity index (χ4v) is 2.20. The molecule has 1 N–H and O–H groups in total. The summed E-state index contributed by atoms with van der Waals surface area (Å²) < 4.78 is 27.7. The summed E-state index contributed by atoms with van der Waals surface area (Å²) in [6.45, 7) is 4.46. The van der Waals surface area contributed by atoms with Crippen molar-refractivity contribution in [3.63, 3.8) is 0 Å². The number of anilines is 1. The SMILES string of the molecule is CC(C)c1noc(NCc2ccc(S(C)(=O)=O)cc2)n1. The Balaban J connectivity index is 2.00. The lowest BCUT2D eigenvalue weighted by Crippen LogP contribution is -2.01. The van der Waals surface area contributed by atoms with Crippen LogP contribution in [0.3, 0.4) is 0 Å². The fourth-order valence-electron chi connectivity index (χ4n) is 1.57. The zero-order chi connectivity index (χ0) is 14.8. The van der Waals surface area contributed by atoms with Crippen LogP contribution in [0, 0.1) is 0 Å². The van der Waals surface area contributed by atoms with Crippen molar-refractivity contribution in [2.45, 2.75) is 31.2 Å². The predicted molar refractivity (Wildman–Crippen MR) is 75.3 cm³/mol. The molecule has 0 atom stereocenters. The van der Waals surface area contributed by atoms with Gasteiger partial charge in [0.25, 0.3) is 0 Å². The highest BCUT2D eigenvalue weighted by Crippen LogP contribution is 2.14. The van der Waals surface area contributed by atoms with E-state index in [0.717, 1.165) is 5.56 Å². The molecule has 1 aromatic heterocycles. The maximum absolute atomic E-state index is 11.3. The molecule has 0 saturated carbocycles. The average Bonchev–Trinajstić information content (AvgIpc) is 2.85. The molecule has 0 aliphatic heterocycles. The highest BCUT2D eigenvalue weighted by atomic mass is 32.2. The van der Waals surface area contributed by atoms with Crippen molar-refractivity contribution < 1.29 is 12.9 Å². The van der Waals surface area contributed by atoms with E-state index in [-0.39, 0.29) is 5.92 Å². The minimum absolute atomic E-state index is 0.211. The first-order valence-electron chi connectivity index (χ1n) is 6.23. The first-order chi connectivity index (χ1) is 9.36. The lowest BCUT2D eigenvalue weighted by atomic mass is 10.2. The molecular formula is C13H17N3O3S. The Hall–Kier alpha value is -1.89. The van der Waals surface area contributed by atoms with E-state index < -0.39 is 9.84 Å². The first-order valence-corrected chi connectivity index (χ1v) is 8.12. The second-order valence-corrected chi connectivity index (χ2v) is 6.90. The monoisotopic (exact) mass is 295 g/mol. The Labute approximate surface area is 118 Å². The van der Waals surface area contributed by atoms with Crippen LogP contribution in [-0.2, 0) is 16.4 Å². The van der Waals surface area contributed by atoms with Crippen LogP contribution in [0.25, 0.3) is 0 Å². The summed E-state index contributed by atoms with van der Waals surface area (Å²) in [5, 5.41) is 6.85. The van der Waals surface area contributed by atoms with Crippen LogP contribution in [0.15, 0.2) is 33.7 Å². The standard InChI is InChI=1S/C13H17N3O3S/c1-9(2)12-15-13(19-16-12)14-8-10-4-6-11(7-5-10)20(3,17)18/h4-7,9H,8H2,1-3H3,(H,14,15,16). The van der Waals surface area contributed by atoms with Gasteiger partial charge in [0.2, 0.25) is 0 Å². The molecule has 2 rings (SSSR count). The molecule has 0 aliphatic rings. The van der Waals surface area contributed by atoms with E-state index >= 15 is 0 Å². The predicted octanol–water partition coefficient (Wildman–Crippen LogP) is 2.21. The van der Waals surface area contributed by atoms with Crippen molar-refractivity contribution in [2.24, 2.45) is 0 Å². The molecule has 0 fully saturated rings. The lowest BCUT2D eigenvalue weighted by Gasteiger charge is -2.03. The summed E-state index contributed by atoms with van der Waals surface area (Å²) in [5.74, 6) is 0.864. The van der Waals surface area contributed by atoms with Gasteiger partial charge in [-0.3, -0.25) is 0 Å². The van der Waals surface area contributed by atoms with Crippen molar-refractivity contribution in [2.75, 3.05) is 11.6 Å². The molecule has 7 heteroatoms. The third kappa shape index (κ3) is 3.57. The minimum atomic E-state index is -3.15. The van der Waals surface area contributed by atoms with Crippen LogP contribution in [0.4, 0.5) is 6.01 Å². The van der Waals surface area contributed by atoms with Crippen LogP contribution in [0.2, 0.25) is 0 Å². The first kappa shape index (κ1) is 14.5. The summed E-state index contributed by atoms with van der Waals surface area (Å²) in [6, 6.07) is 7.03. The van der Waals surface area contributed by atoms with Crippen molar-refractivity contribution in [3.05, 3.63) is 35.7 Å². The van der Waals surface area contributed by atoms with Gasteiger partial charge in [0.15, 0.2) is 15.7 Å². The third-order valence-electron chi connectivity index (χ3n) is 2.75. The molecule has 0 spiro atoms. The molecule has 108 valence electrons. The van der Waals surface area contributed by atoms with Gasteiger partial charge in [0, 0.05) is 18.7 Å². The van der Waals surface area contributed by atoms with Crippen LogP contribution in [0.1, 0.15) is 31.2 Å². The van der Waals surface area contributed by atoms with Crippen molar-refractivity contribution in [1.29, 1.82) is 0 Å². The lowest BCUT2D eigenvalue weighted by molar-refractivity contribution is 0.419. The summed E-state index contributed by atoms with van der Waals surface area (Å²) >= 11 is 0. The summed E-state index contributed by atoms with van der Waals surface area (Å²) in [7, 11) is -3.15. The molecule has 2 aromatic rings. The Morgan fingerprint density at radius 2 is 1.90 bits per heavy atom. The molecule has 6 nitrogen and oxygen atoms in total. The second-order valence-electron chi connectivity index (χ2n) is 4.88. The number of rotatable bonds is 5. The smallest absolute Gasteiger partial charge is 0.321 e. The van der Waals surface area contributed by atoms with Crippen LogP contribution < -0.4 is 5.32 Å². The zero-order valence-corrected chi connectivity index (χ0v) is 12.4. The van der Waals surface area contributed by atoms with Gasteiger partial charge < -0.3 is 9.84 Å². The molecule has 0 amide bonds. The molecule has 0 aliphatic carbocycles. The number of hydrogen-bond donors (Lipinski definition) is 1. The average molecular weight is 295 g/mol. The minimum Gasteiger partial charge on any atom is -0.334 e. The molecule has 1 aromatic carbocycles. The maximum Gasteiger partial charge on any atom is 0.321 e. The van der Waals surface area contributed by atoms with Crippen molar-refractivity contribution in [1.82, 2.24) is 10.1 Å². The van der Waals surface area contributed by atoms with Crippen LogP contribution in [-0.4, -0.2) is 24.8 Å². The van der Waals surface area contributed by atoms with Crippen LogP contribution >= 0.6 is 0 Å². The molecule has 0 radical (unpaired) electrons. The highest BCUT2D eigenvalue weighted by molar-refractivity contribution is 7.90. The van der Waals surface area contributed by atoms with E-state index in [9.17, 15) is 8.42 Å². The normalized spacial score (nSPS) is 11.8. The summed E-state index contributed by atoms with van der Waals surface area (Å²) in [5.41, 5.74) is 0.932. The van der Waals surface area contributed by atoms with Gasteiger partial charge in [0.1, 0.15) is 0 Å². The van der Waals surface area contributed by atoms with Gasteiger partial charge in [0.05, 0.1) is 4.90 Å². The van der Waals surface area contributed by atoms with Gasteiger partial charge >= 0.3 is 6.01 Å². The highest BCUT2D eigenvalue weighted by Gasteiger charge is 2.09. The molecule has 0 bridgehead atoms. The Morgan fingerprint density at radius 1 is 1.25 bits per heavy atom. The van der Waals surface area contributed by atoms with Gasteiger partial charge in [-0.1, -0.05) is 31.1 Å². The quantitative estimate of drug-likeness (QED) is 0.910. The summed E-state index contributed by atoms with van der Waals surface area (Å²) in [4.78, 5) is 4.50. The van der Waals surface area contributed by atoms with Crippen molar-refractivity contribution in [3.8, 4) is 0 Å². The topological polar surface area (TPSA) is 85.1 Å². The Kier molecular flexibility index (Phi) is 4.08. The number of hydrogen-bond acceptors (Lipinski definition) is 6. The van der Waals surface area contributed by atoms with Gasteiger partial charge in [-0.2, -0.15) is 4.98 Å². The van der Waals surface area contributed by atoms with E-state index in [1.54, 1.807) is 24.3 Å². The number of aromatic nitrogens is 2. The van der Waals surface area contributed by atoms with Crippen LogP contribution in [0.5, 0.6) is 0 Å². The van der Waals surface area contributed by atoms with Gasteiger partial charge in [-0.05, 0) is 17.7 Å². The van der Waals surface area contributed by atoms with Gasteiger partial charge in [-0.25, -0.2) is 8.42 Å². The molecule has 20 heavy (non-hydrogen) atoms.